The Kier molecular flexibility index (Phi) is 9.73. The van der Waals surface area contributed by atoms with Crippen molar-refractivity contribution in [2.45, 2.75) is 45.1 Å². The number of rotatable bonds is 12. The predicted molar refractivity (Wildman–Crippen MR) is 68.9 cm³/mol. The lowest BCUT2D eigenvalue weighted by Gasteiger charge is -2.21. The fraction of sp³-hybridized carbons (Fsp3) is 0.846. The minimum atomic E-state index is -3.87. The molecule has 0 bridgehead atoms. The van der Waals surface area contributed by atoms with Crippen molar-refractivity contribution >= 4 is 11.9 Å². The first-order chi connectivity index (χ1) is 10.6. The third-order valence-corrected chi connectivity index (χ3v) is 2.34. The molecular weight excluding hydrogens is 328 g/mol. The first kappa shape index (κ1) is 21.6. The molecule has 23 heavy (non-hydrogen) atoms. The van der Waals surface area contributed by atoms with E-state index >= 15 is 0 Å². The monoisotopic (exact) mass is 348 g/mol. The highest BCUT2D eigenvalue weighted by Crippen LogP contribution is 2.24. The Hall–Kier alpha value is -1.42. The molecule has 10 heteroatoms. The molecule has 0 radical (unpaired) electrons. The Labute approximate surface area is 131 Å². The van der Waals surface area contributed by atoms with Gasteiger partial charge in [-0.25, -0.2) is 8.78 Å². The molecule has 0 saturated carbocycles. The number of ether oxygens (including phenoxy) is 4. The zero-order valence-corrected chi connectivity index (χ0v) is 12.9. The van der Waals surface area contributed by atoms with Gasteiger partial charge in [-0.05, 0) is 0 Å². The summed E-state index contributed by atoms with van der Waals surface area (Å²) in [5, 5.41) is 0. The lowest BCUT2D eigenvalue weighted by molar-refractivity contribution is -0.278. The summed E-state index contributed by atoms with van der Waals surface area (Å²) in [6, 6.07) is 0. The van der Waals surface area contributed by atoms with Crippen molar-refractivity contribution in [2.24, 2.45) is 0 Å². The molecular formula is C13H20F4O6. The fourth-order valence-corrected chi connectivity index (χ4v) is 1.11. The fourth-order valence-electron chi connectivity index (χ4n) is 1.11. The average molecular weight is 348 g/mol. The SMILES string of the molecule is CCC(=O)OCCC(F)(F)OCC(F)(F)COCOC(=O)CC. The van der Waals surface area contributed by atoms with Crippen molar-refractivity contribution in [1.82, 2.24) is 0 Å². The van der Waals surface area contributed by atoms with Gasteiger partial charge >= 0.3 is 18.0 Å². The minimum Gasteiger partial charge on any atom is -0.465 e. The molecule has 0 aromatic rings. The topological polar surface area (TPSA) is 71.1 Å². The molecule has 0 saturated heterocycles. The van der Waals surface area contributed by atoms with E-state index in [2.05, 4.69) is 18.9 Å². The van der Waals surface area contributed by atoms with E-state index in [1.54, 1.807) is 0 Å². The maximum absolute atomic E-state index is 13.3. The van der Waals surface area contributed by atoms with Gasteiger partial charge in [-0.1, -0.05) is 13.8 Å². The van der Waals surface area contributed by atoms with Crippen LogP contribution in [0.15, 0.2) is 0 Å². The summed E-state index contributed by atoms with van der Waals surface area (Å²) in [6.07, 6.45) is -4.84. The van der Waals surface area contributed by atoms with E-state index in [4.69, 9.17) is 0 Å². The van der Waals surface area contributed by atoms with Crippen molar-refractivity contribution in [2.75, 3.05) is 26.6 Å². The summed E-state index contributed by atoms with van der Waals surface area (Å²) < 4.78 is 69.9. The number of halogens is 4. The molecule has 0 fully saturated rings. The van der Waals surface area contributed by atoms with Crippen LogP contribution in [0.25, 0.3) is 0 Å². The van der Waals surface area contributed by atoms with Crippen molar-refractivity contribution in [3.63, 3.8) is 0 Å². The van der Waals surface area contributed by atoms with E-state index in [0.29, 0.717) is 0 Å². The van der Waals surface area contributed by atoms with Crippen molar-refractivity contribution < 1.29 is 46.1 Å². The van der Waals surface area contributed by atoms with Crippen LogP contribution in [0.2, 0.25) is 0 Å². The molecule has 6 nitrogen and oxygen atoms in total. The van der Waals surface area contributed by atoms with Crippen LogP contribution in [0.5, 0.6) is 0 Å². The van der Waals surface area contributed by atoms with Gasteiger partial charge < -0.3 is 18.9 Å². The van der Waals surface area contributed by atoms with Gasteiger partial charge in [0.2, 0.25) is 0 Å². The largest absolute Gasteiger partial charge is 0.465 e. The van der Waals surface area contributed by atoms with Gasteiger partial charge in [-0.3, -0.25) is 9.59 Å². The summed E-state index contributed by atoms with van der Waals surface area (Å²) in [5.41, 5.74) is 0. The first-order valence-electron chi connectivity index (χ1n) is 6.90. The normalized spacial score (nSPS) is 12.1. The Bertz CT molecular complexity index is 375. The minimum absolute atomic E-state index is 0.0183. The maximum Gasteiger partial charge on any atom is 0.359 e. The van der Waals surface area contributed by atoms with Gasteiger partial charge in [0.05, 0.1) is 13.0 Å². The Morgan fingerprint density at radius 1 is 0.913 bits per heavy atom. The summed E-state index contributed by atoms with van der Waals surface area (Å²) in [4.78, 5) is 21.5. The smallest absolute Gasteiger partial charge is 0.359 e. The van der Waals surface area contributed by atoms with Crippen LogP contribution in [-0.4, -0.2) is 50.6 Å². The average Bonchev–Trinajstić information content (AvgIpc) is 2.49. The number of alkyl halides is 4. The van der Waals surface area contributed by atoms with Gasteiger partial charge in [0.15, 0.2) is 6.79 Å². The van der Waals surface area contributed by atoms with E-state index < -0.39 is 57.0 Å². The lowest BCUT2D eigenvalue weighted by Crippen LogP contribution is -2.35. The molecule has 0 aliphatic heterocycles. The van der Waals surface area contributed by atoms with Gasteiger partial charge in [0, 0.05) is 12.8 Å². The highest BCUT2D eigenvalue weighted by molar-refractivity contribution is 5.69. The van der Waals surface area contributed by atoms with E-state index in [0.717, 1.165) is 0 Å². The Morgan fingerprint density at radius 3 is 2.04 bits per heavy atom. The molecule has 0 aliphatic carbocycles. The second-order valence-corrected chi connectivity index (χ2v) is 4.44. The van der Waals surface area contributed by atoms with Crippen LogP contribution in [-0.2, 0) is 28.5 Å². The Morgan fingerprint density at radius 2 is 1.48 bits per heavy atom. The quantitative estimate of drug-likeness (QED) is 0.234. The predicted octanol–water partition coefficient (Wildman–Crippen LogP) is 2.50. The second kappa shape index (κ2) is 10.4. The van der Waals surface area contributed by atoms with Crippen LogP contribution in [0.4, 0.5) is 17.6 Å². The number of hydrogen-bond acceptors (Lipinski definition) is 6. The molecule has 0 aliphatic rings. The number of esters is 2. The van der Waals surface area contributed by atoms with Crippen molar-refractivity contribution in [3.8, 4) is 0 Å². The third-order valence-electron chi connectivity index (χ3n) is 2.34. The maximum atomic E-state index is 13.3. The van der Waals surface area contributed by atoms with E-state index in [9.17, 15) is 27.2 Å². The van der Waals surface area contributed by atoms with E-state index in [-0.39, 0.29) is 12.8 Å². The van der Waals surface area contributed by atoms with Crippen molar-refractivity contribution in [3.05, 3.63) is 0 Å². The van der Waals surface area contributed by atoms with Gasteiger partial charge in [0.25, 0.3) is 5.92 Å². The number of carbonyl (C=O) groups is 2. The first-order valence-corrected chi connectivity index (χ1v) is 6.90. The van der Waals surface area contributed by atoms with Crippen LogP contribution < -0.4 is 0 Å². The molecule has 0 N–H and O–H groups in total. The summed E-state index contributed by atoms with van der Waals surface area (Å²) in [5.74, 6) is -5.01. The zero-order valence-electron chi connectivity index (χ0n) is 12.9. The summed E-state index contributed by atoms with van der Waals surface area (Å²) in [7, 11) is 0. The molecule has 0 rings (SSSR count). The third kappa shape index (κ3) is 11.8. The summed E-state index contributed by atoms with van der Waals surface area (Å²) in [6.45, 7) is -1.20. The van der Waals surface area contributed by atoms with Crippen LogP contribution in [0, 0.1) is 0 Å². The van der Waals surface area contributed by atoms with Crippen LogP contribution in [0.3, 0.4) is 0 Å². The van der Waals surface area contributed by atoms with Crippen molar-refractivity contribution in [1.29, 1.82) is 0 Å². The van der Waals surface area contributed by atoms with Gasteiger partial charge in [-0.15, -0.1) is 0 Å². The van der Waals surface area contributed by atoms with Gasteiger partial charge in [0.1, 0.15) is 13.2 Å². The molecule has 0 aromatic heterocycles. The standard InChI is InChI=1S/C13H20F4O6/c1-3-10(18)21-6-5-13(16,17)23-8-12(14,15)7-20-9-22-11(19)4-2/h3-9H2,1-2H3. The zero-order chi connectivity index (χ0) is 17.9. The van der Waals surface area contributed by atoms with E-state index in [1.165, 1.54) is 13.8 Å². The molecule has 136 valence electrons. The van der Waals surface area contributed by atoms with Gasteiger partial charge in [-0.2, -0.15) is 8.78 Å². The molecule has 0 heterocycles. The molecule has 0 spiro atoms. The van der Waals surface area contributed by atoms with Crippen LogP contribution in [0.1, 0.15) is 33.1 Å². The molecule has 0 atom stereocenters. The molecule has 0 amide bonds. The second-order valence-electron chi connectivity index (χ2n) is 4.44. The highest BCUT2D eigenvalue weighted by atomic mass is 19.3. The van der Waals surface area contributed by atoms with E-state index in [1.807, 2.05) is 0 Å². The van der Waals surface area contributed by atoms with Crippen LogP contribution >= 0.6 is 0 Å². The molecule has 0 aromatic carbocycles. The lowest BCUT2D eigenvalue weighted by atomic mass is 10.3. The Balaban J connectivity index is 3.99. The molecule has 0 unspecified atom stereocenters. The summed E-state index contributed by atoms with van der Waals surface area (Å²) >= 11 is 0. The number of carbonyl (C=O) groups excluding carboxylic acids is 2. The highest BCUT2D eigenvalue weighted by Gasteiger charge is 2.38. The number of hydrogen-bond donors (Lipinski definition) is 0.